The number of fused-ring (bicyclic) bond motifs is 1. The maximum atomic E-state index is 13.2. The van der Waals surface area contributed by atoms with Gasteiger partial charge in [-0.25, -0.2) is 4.68 Å². The van der Waals surface area contributed by atoms with Crippen molar-refractivity contribution in [1.82, 2.24) is 9.78 Å². The number of rotatable bonds is 3. The van der Waals surface area contributed by atoms with E-state index in [-0.39, 0.29) is 18.1 Å². The van der Waals surface area contributed by atoms with Gasteiger partial charge >= 0.3 is 0 Å². The Labute approximate surface area is 168 Å². The number of anilines is 1. The van der Waals surface area contributed by atoms with Crippen LogP contribution in [0.25, 0.3) is 5.69 Å². The maximum Gasteiger partial charge on any atom is 0.226 e. The van der Waals surface area contributed by atoms with Gasteiger partial charge in [-0.15, -0.1) is 0 Å². The molecule has 0 saturated carbocycles. The molecule has 0 aliphatic carbocycles. The van der Waals surface area contributed by atoms with Crippen LogP contribution in [-0.4, -0.2) is 21.5 Å². The third-order valence-electron chi connectivity index (χ3n) is 5.29. The van der Waals surface area contributed by atoms with Gasteiger partial charge in [0.05, 0.1) is 22.3 Å². The predicted molar refractivity (Wildman–Crippen MR) is 110 cm³/mol. The van der Waals surface area contributed by atoms with E-state index < -0.39 is 5.92 Å². The lowest BCUT2D eigenvalue weighted by atomic mass is 9.85. The highest BCUT2D eigenvalue weighted by molar-refractivity contribution is 6.34. The summed E-state index contributed by atoms with van der Waals surface area (Å²) < 4.78 is 1.71. The number of hydrogen-bond donors (Lipinski definition) is 1. The molecule has 0 bridgehead atoms. The van der Waals surface area contributed by atoms with Crippen molar-refractivity contribution >= 4 is 29.1 Å². The molecule has 1 aliphatic heterocycles. The minimum Gasteiger partial charge on any atom is -0.310 e. The van der Waals surface area contributed by atoms with Crippen LogP contribution in [0, 0.1) is 20.8 Å². The zero-order valence-electron chi connectivity index (χ0n) is 15.9. The van der Waals surface area contributed by atoms with Gasteiger partial charge in [-0.2, -0.15) is 5.10 Å². The molecule has 1 N–H and O–H groups in total. The lowest BCUT2D eigenvalue weighted by molar-refractivity contribution is -0.116. The van der Waals surface area contributed by atoms with E-state index in [0.29, 0.717) is 16.4 Å². The van der Waals surface area contributed by atoms with Crippen molar-refractivity contribution < 1.29 is 9.59 Å². The molecule has 1 amide bonds. The van der Waals surface area contributed by atoms with Crippen molar-refractivity contribution in [3.8, 4) is 5.69 Å². The summed E-state index contributed by atoms with van der Waals surface area (Å²) in [4.78, 5) is 25.7. The molecule has 0 unspecified atom stereocenters. The van der Waals surface area contributed by atoms with Crippen molar-refractivity contribution in [3.05, 3.63) is 75.4 Å². The van der Waals surface area contributed by atoms with Crippen LogP contribution in [0.5, 0.6) is 0 Å². The summed E-state index contributed by atoms with van der Waals surface area (Å²) in [7, 11) is 0. The van der Waals surface area contributed by atoms with Gasteiger partial charge in [0.1, 0.15) is 5.82 Å². The van der Waals surface area contributed by atoms with Gasteiger partial charge in [-0.3, -0.25) is 9.59 Å². The quantitative estimate of drug-likeness (QED) is 0.652. The maximum absolute atomic E-state index is 13.2. The van der Waals surface area contributed by atoms with Crippen molar-refractivity contribution in [2.75, 3.05) is 5.32 Å². The summed E-state index contributed by atoms with van der Waals surface area (Å²) in [6, 6.07) is 12.9. The molecule has 5 nitrogen and oxygen atoms in total. The van der Waals surface area contributed by atoms with E-state index in [1.54, 1.807) is 28.9 Å². The Balaban J connectivity index is 1.84. The first-order chi connectivity index (χ1) is 13.4. The van der Waals surface area contributed by atoms with E-state index >= 15 is 0 Å². The minimum atomic E-state index is -0.607. The number of aromatic nitrogens is 2. The number of Topliss-reactive ketones (excluding diaryl/α,β-unsaturated/α-hetero) is 1. The predicted octanol–water partition coefficient (Wildman–Crippen LogP) is 4.76. The fourth-order valence-electron chi connectivity index (χ4n) is 3.66. The molecule has 2 heterocycles. The highest BCUT2D eigenvalue weighted by atomic mass is 35.5. The fraction of sp³-hybridized carbons (Fsp3) is 0.227. The molecule has 0 radical (unpaired) electrons. The summed E-state index contributed by atoms with van der Waals surface area (Å²) in [6.45, 7) is 5.94. The van der Waals surface area contributed by atoms with Crippen molar-refractivity contribution in [1.29, 1.82) is 0 Å². The number of nitrogens with zero attached hydrogens (tertiary/aromatic N) is 2. The SMILES string of the molecule is Cc1ccc(-n2nc(C)c3c2NC(=O)C[C@@H]3C(=O)c2ccccc2Cl)cc1C. The molecule has 1 aromatic heterocycles. The molecule has 0 saturated heterocycles. The van der Waals surface area contributed by atoms with Gasteiger partial charge < -0.3 is 5.32 Å². The number of ketones is 1. The first-order valence-electron chi connectivity index (χ1n) is 9.12. The normalized spacial score (nSPS) is 15.9. The van der Waals surface area contributed by atoms with E-state index in [4.69, 9.17) is 11.6 Å². The van der Waals surface area contributed by atoms with Crippen molar-refractivity contribution in [2.45, 2.75) is 33.1 Å². The van der Waals surface area contributed by atoms with Crippen LogP contribution < -0.4 is 5.32 Å². The third kappa shape index (κ3) is 3.02. The van der Waals surface area contributed by atoms with Crippen LogP contribution in [0.2, 0.25) is 5.02 Å². The summed E-state index contributed by atoms with van der Waals surface area (Å²) in [5.41, 5.74) is 5.05. The fourth-order valence-corrected chi connectivity index (χ4v) is 3.89. The first-order valence-corrected chi connectivity index (χ1v) is 9.50. The summed E-state index contributed by atoms with van der Waals surface area (Å²) in [5, 5.41) is 7.93. The number of carbonyl (C=O) groups is 2. The Morgan fingerprint density at radius 3 is 2.61 bits per heavy atom. The highest BCUT2D eigenvalue weighted by Crippen LogP contribution is 2.39. The molecular formula is C22H20ClN3O2. The summed E-state index contributed by atoms with van der Waals surface area (Å²) in [5.74, 6) is -0.418. The zero-order valence-corrected chi connectivity index (χ0v) is 16.7. The Morgan fingerprint density at radius 2 is 1.89 bits per heavy atom. The molecule has 3 aromatic rings. The number of carbonyl (C=O) groups excluding carboxylic acids is 2. The van der Waals surface area contributed by atoms with E-state index in [1.807, 2.05) is 39.0 Å². The van der Waals surface area contributed by atoms with Crippen LogP contribution in [0.3, 0.4) is 0 Å². The molecule has 0 spiro atoms. The standard InChI is InChI=1S/C22H20ClN3O2/c1-12-8-9-15(10-13(12)2)26-22-20(14(3)25-26)17(11-19(27)24-22)21(28)16-6-4-5-7-18(16)23/h4-10,17H,11H2,1-3H3,(H,24,27)/t17-/m0/s1. The van der Waals surface area contributed by atoms with Crippen LogP contribution in [0.15, 0.2) is 42.5 Å². The number of halogens is 1. The van der Waals surface area contributed by atoms with Gasteiger partial charge in [-0.1, -0.05) is 29.8 Å². The largest absolute Gasteiger partial charge is 0.310 e. The van der Waals surface area contributed by atoms with Gasteiger partial charge in [-0.05, 0) is 56.2 Å². The van der Waals surface area contributed by atoms with Crippen LogP contribution in [0.4, 0.5) is 5.82 Å². The molecule has 0 fully saturated rings. The van der Waals surface area contributed by atoms with Crippen molar-refractivity contribution in [2.24, 2.45) is 0 Å². The Hall–Kier alpha value is -2.92. The average Bonchev–Trinajstić information content (AvgIpc) is 2.99. The topological polar surface area (TPSA) is 64.0 Å². The number of aryl methyl sites for hydroxylation is 3. The first kappa shape index (κ1) is 18.4. The zero-order chi connectivity index (χ0) is 20.0. The second-order valence-corrected chi connectivity index (χ2v) is 7.58. The number of nitrogens with one attached hydrogen (secondary N) is 1. The van der Waals surface area contributed by atoms with Gasteiger partial charge in [0.25, 0.3) is 0 Å². The van der Waals surface area contributed by atoms with Crippen LogP contribution >= 0.6 is 11.6 Å². The molecule has 28 heavy (non-hydrogen) atoms. The molecule has 2 aromatic carbocycles. The highest BCUT2D eigenvalue weighted by Gasteiger charge is 2.36. The molecule has 1 atom stereocenters. The second-order valence-electron chi connectivity index (χ2n) is 7.18. The minimum absolute atomic E-state index is 0.0799. The third-order valence-corrected chi connectivity index (χ3v) is 5.62. The number of hydrogen-bond acceptors (Lipinski definition) is 3. The van der Waals surface area contributed by atoms with Crippen LogP contribution in [-0.2, 0) is 4.79 Å². The lowest BCUT2D eigenvalue weighted by Gasteiger charge is -2.23. The smallest absolute Gasteiger partial charge is 0.226 e. The van der Waals surface area contributed by atoms with Gasteiger partial charge in [0.2, 0.25) is 5.91 Å². The van der Waals surface area contributed by atoms with Crippen molar-refractivity contribution in [3.63, 3.8) is 0 Å². The summed E-state index contributed by atoms with van der Waals surface area (Å²) >= 11 is 6.23. The van der Waals surface area contributed by atoms with E-state index in [9.17, 15) is 9.59 Å². The Bertz CT molecular complexity index is 1120. The molecular weight excluding hydrogens is 374 g/mol. The van der Waals surface area contributed by atoms with Gasteiger partial charge in [0.15, 0.2) is 5.78 Å². The Kier molecular flexibility index (Phi) is 4.55. The summed E-state index contributed by atoms with van der Waals surface area (Å²) in [6.07, 6.45) is 0.0799. The van der Waals surface area contributed by atoms with E-state index in [2.05, 4.69) is 10.4 Å². The number of amides is 1. The van der Waals surface area contributed by atoms with E-state index in [1.165, 1.54) is 5.56 Å². The van der Waals surface area contributed by atoms with Gasteiger partial charge in [0, 0.05) is 17.5 Å². The Morgan fingerprint density at radius 1 is 1.14 bits per heavy atom. The monoisotopic (exact) mass is 393 g/mol. The van der Waals surface area contributed by atoms with Crippen LogP contribution in [0.1, 0.15) is 45.1 Å². The number of benzene rings is 2. The molecule has 1 aliphatic rings. The molecule has 142 valence electrons. The average molecular weight is 394 g/mol. The second kappa shape index (κ2) is 6.91. The molecule has 4 rings (SSSR count). The molecule has 6 heteroatoms. The van der Waals surface area contributed by atoms with E-state index in [0.717, 1.165) is 22.5 Å². The lowest BCUT2D eigenvalue weighted by Crippen LogP contribution is -2.28.